The van der Waals surface area contributed by atoms with Gasteiger partial charge in [0.15, 0.2) is 0 Å². The maximum Gasteiger partial charge on any atom is 0.472 e. The standard InChI is InChI=1S/C77H145N2O7P/c1-7-10-13-16-19-22-25-28-30-32-34-36-38-39-41-42-44-46-48-51-54-57-60-63-66-69-76(80)78-74(73-85-87(82,83)84-72-71-79(4,5)6)75(68-65-62-59-56-53-50-27-24-21-18-15-12-9-3)86-77(81)70-67-64-61-58-55-52-49-47-45-43-40-37-35-33-31-29-26-23-20-17-14-11-8-2/h20,23,29,31,35,37,43,45,65,68,74-75H,7-19,21-22,24-28,30,32-34,36,38-42,44,46-64,66-67,69-73H2,1-6H3,(H-,78,80,82,83)/p+1/b23-20-,31-29-,37-35-,45-43-,68-65+. The highest BCUT2D eigenvalue weighted by Crippen LogP contribution is 2.43. The zero-order chi connectivity index (χ0) is 63.5. The molecule has 0 aromatic carbocycles. The van der Waals surface area contributed by atoms with Crippen LogP contribution in [0.4, 0.5) is 0 Å². The van der Waals surface area contributed by atoms with Crippen LogP contribution in [0.5, 0.6) is 0 Å². The van der Waals surface area contributed by atoms with Crippen LogP contribution in [0, 0.1) is 0 Å². The van der Waals surface area contributed by atoms with E-state index in [0.29, 0.717) is 17.4 Å². The molecular formula is C77H146N2O7P+. The minimum atomic E-state index is -4.46. The molecule has 3 atom stereocenters. The van der Waals surface area contributed by atoms with E-state index in [2.05, 4.69) is 74.7 Å². The molecule has 1 amide bonds. The Hall–Kier alpha value is -2.29. The van der Waals surface area contributed by atoms with Crippen LogP contribution in [0.1, 0.15) is 367 Å². The molecule has 0 bridgehead atoms. The predicted molar refractivity (Wildman–Crippen MR) is 378 cm³/mol. The number of likely N-dealkylation sites (N-methyl/N-ethyl adjacent to an activating group) is 1. The van der Waals surface area contributed by atoms with Gasteiger partial charge in [-0.3, -0.25) is 18.6 Å². The van der Waals surface area contributed by atoms with Crippen molar-refractivity contribution in [2.75, 3.05) is 40.9 Å². The van der Waals surface area contributed by atoms with Crippen molar-refractivity contribution in [3.63, 3.8) is 0 Å². The van der Waals surface area contributed by atoms with Crippen LogP contribution in [-0.4, -0.2) is 74.3 Å². The molecule has 0 fully saturated rings. The number of phosphoric acid groups is 1. The molecule has 87 heavy (non-hydrogen) atoms. The van der Waals surface area contributed by atoms with E-state index >= 15 is 0 Å². The van der Waals surface area contributed by atoms with E-state index in [1.54, 1.807) is 0 Å². The largest absolute Gasteiger partial charge is 0.472 e. The van der Waals surface area contributed by atoms with E-state index in [-0.39, 0.29) is 31.5 Å². The van der Waals surface area contributed by atoms with Gasteiger partial charge >= 0.3 is 13.8 Å². The van der Waals surface area contributed by atoms with Gasteiger partial charge in [0.1, 0.15) is 19.3 Å². The van der Waals surface area contributed by atoms with Gasteiger partial charge in [0.25, 0.3) is 0 Å². The number of allylic oxidation sites excluding steroid dienone is 9. The number of quaternary nitrogens is 1. The van der Waals surface area contributed by atoms with Crippen LogP contribution >= 0.6 is 7.82 Å². The second-order valence-electron chi connectivity index (χ2n) is 26.8. The number of nitrogens with one attached hydrogen (secondary N) is 1. The molecule has 10 heteroatoms. The lowest BCUT2D eigenvalue weighted by atomic mass is 10.0. The number of nitrogens with zero attached hydrogens (tertiary/aromatic N) is 1. The van der Waals surface area contributed by atoms with E-state index in [0.717, 1.165) is 89.9 Å². The van der Waals surface area contributed by atoms with Crippen LogP contribution < -0.4 is 5.32 Å². The Morgan fingerprint density at radius 3 is 1.07 bits per heavy atom. The predicted octanol–water partition coefficient (Wildman–Crippen LogP) is 24.1. The third-order valence-electron chi connectivity index (χ3n) is 17.0. The first kappa shape index (κ1) is 84.7. The van der Waals surface area contributed by atoms with E-state index in [9.17, 15) is 19.0 Å². The third kappa shape index (κ3) is 67.9. The number of rotatable bonds is 69. The number of carbonyl (C=O) groups is 2. The molecule has 0 saturated carbocycles. The van der Waals surface area contributed by atoms with Crippen molar-refractivity contribution in [1.29, 1.82) is 0 Å². The fourth-order valence-electron chi connectivity index (χ4n) is 11.2. The molecule has 0 aliphatic heterocycles. The van der Waals surface area contributed by atoms with Crippen molar-refractivity contribution < 1.29 is 37.3 Å². The van der Waals surface area contributed by atoms with E-state index in [1.807, 2.05) is 33.3 Å². The first-order valence-corrected chi connectivity index (χ1v) is 39.1. The van der Waals surface area contributed by atoms with Crippen LogP contribution in [0.2, 0.25) is 0 Å². The summed E-state index contributed by atoms with van der Waals surface area (Å²) in [6, 6.07) is -0.854. The highest BCUT2D eigenvalue weighted by molar-refractivity contribution is 7.47. The van der Waals surface area contributed by atoms with Crippen LogP contribution in [-0.2, 0) is 27.9 Å². The Bertz CT molecular complexity index is 1670. The van der Waals surface area contributed by atoms with Gasteiger partial charge in [-0.15, -0.1) is 0 Å². The van der Waals surface area contributed by atoms with Gasteiger partial charge in [-0.05, 0) is 76.7 Å². The van der Waals surface area contributed by atoms with E-state index in [1.165, 1.54) is 244 Å². The van der Waals surface area contributed by atoms with Gasteiger partial charge in [-0.1, -0.05) is 339 Å². The zero-order valence-corrected chi connectivity index (χ0v) is 59.4. The molecule has 0 saturated heterocycles. The number of ether oxygens (including phenoxy) is 1. The van der Waals surface area contributed by atoms with E-state index in [4.69, 9.17) is 13.8 Å². The summed E-state index contributed by atoms with van der Waals surface area (Å²) in [5.74, 6) is -0.500. The zero-order valence-electron chi connectivity index (χ0n) is 58.5. The molecule has 3 unspecified atom stereocenters. The molecule has 0 radical (unpaired) electrons. The molecule has 0 aliphatic rings. The summed E-state index contributed by atoms with van der Waals surface area (Å²) in [6.07, 6.45) is 86.7. The molecule has 0 aromatic heterocycles. The lowest BCUT2D eigenvalue weighted by Crippen LogP contribution is -2.47. The van der Waals surface area contributed by atoms with Crippen molar-refractivity contribution in [3.8, 4) is 0 Å². The number of phosphoric ester groups is 1. The summed E-state index contributed by atoms with van der Waals surface area (Å²) >= 11 is 0. The summed E-state index contributed by atoms with van der Waals surface area (Å²) in [5, 5.41) is 3.08. The normalized spacial score (nSPS) is 13.8. The minimum absolute atomic E-state index is 0.0390. The SMILES string of the molecule is CCCCC/C=C\C/C=C\C/C=C\C/C=C\CCCCCCCCCC(=O)OC(/C=C/CCCCCCCCCCCCC)C(COP(=O)(O)OCC[N+](C)(C)C)NC(=O)CCCCCCCCCCCCCCCCCCCCCCCCCCC. The molecule has 2 N–H and O–H groups in total. The first-order valence-electron chi connectivity index (χ1n) is 37.6. The monoisotopic (exact) mass is 1240 g/mol. The second-order valence-corrected chi connectivity index (χ2v) is 28.3. The number of esters is 1. The summed E-state index contributed by atoms with van der Waals surface area (Å²) in [6.45, 7) is 7.04. The van der Waals surface area contributed by atoms with Gasteiger partial charge < -0.3 is 19.4 Å². The van der Waals surface area contributed by atoms with Gasteiger partial charge in [-0.25, -0.2) is 4.57 Å². The summed E-state index contributed by atoms with van der Waals surface area (Å²) in [4.78, 5) is 38.0. The van der Waals surface area contributed by atoms with Crippen LogP contribution in [0.25, 0.3) is 0 Å². The highest BCUT2D eigenvalue weighted by Gasteiger charge is 2.30. The molecule has 0 aliphatic carbocycles. The summed E-state index contributed by atoms with van der Waals surface area (Å²) in [7, 11) is 1.50. The minimum Gasteiger partial charge on any atom is -0.456 e. The fraction of sp³-hybridized carbons (Fsp3) is 0.844. The van der Waals surface area contributed by atoms with Crippen LogP contribution in [0.15, 0.2) is 60.8 Å². The maximum atomic E-state index is 13.6. The van der Waals surface area contributed by atoms with Crippen molar-refractivity contribution >= 4 is 19.7 Å². The van der Waals surface area contributed by atoms with Gasteiger partial charge in [0.05, 0.1) is 33.8 Å². The van der Waals surface area contributed by atoms with Crippen molar-refractivity contribution in [1.82, 2.24) is 5.32 Å². The summed E-state index contributed by atoms with van der Waals surface area (Å²) < 4.78 is 30.9. The average molecular weight is 1240 g/mol. The molecule has 9 nitrogen and oxygen atoms in total. The average Bonchev–Trinajstić information content (AvgIpc) is 3.70. The Kier molecular flexibility index (Phi) is 64.9. The number of amides is 1. The molecule has 0 aromatic rings. The Balaban J connectivity index is 5.05. The van der Waals surface area contributed by atoms with Crippen LogP contribution in [0.3, 0.4) is 0 Å². The number of hydrogen-bond acceptors (Lipinski definition) is 6. The smallest absolute Gasteiger partial charge is 0.456 e. The Labute approximate surface area is 541 Å². The Morgan fingerprint density at radius 2 is 0.701 bits per heavy atom. The Morgan fingerprint density at radius 1 is 0.402 bits per heavy atom. The van der Waals surface area contributed by atoms with Crippen molar-refractivity contribution in [2.45, 2.75) is 380 Å². The molecular weight excluding hydrogens is 1100 g/mol. The lowest BCUT2D eigenvalue weighted by molar-refractivity contribution is -0.870. The fourth-order valence-corrected chi connectivity index (χ4v) is 11.9. The van der Waals surface area contributed by atoms with Gasteiger partial charge in [0.2, 0.25) is 5.91 Å². The van der Waals surface area contributed by atoms with E-state index < -0.39 is 20.0 Å². The highest BCUT2D eigenvalue weighted by atomic mass is 31.2. The molecule has 510 valence electrons. The van der Waals surface area contributed by atoms with Crippen molar-refractivity contribution in [2.24, 2.45) is 0 Å². The topological polar surface area (TPSA) is 111 Å². The van der Waals surface area contributed by atoms with Crippen molar-refractivity contribution in [3.05, 3.63) is 60.8 Å². The maximum absolute atomic E-state index is 13.6. The third-order valence-corrected chi connectivity index (χ3v) is 17.9. The number of hydrogen-bond donors (Lipinski definition) is 2. The molecule has 0 rings (SSSR count). The number of carbonyl (C=O) groups excluding carboxylic acids is 2. The molecule has 0 spiro atoms. The first-order chi connectivity index (χ1) is 42.4. The second kappa shape index (κ2) is 66.6. The quantitative estimate of drug-likeness (QED) is 0.0205. The van der Waals surface area contributed by atoms with Gasteiger partial charge in [0, 0.05) is 12.8 Å². The lowest BCUT2D eigenvalue weighted by Gasteiger charge is -2.27. The molecule has 0 heterocycles. The summed E-state index contributed by atoms with van der Waals surface area (Å²) in [5.41, 5.74) is 0. The van der Waals surface area contributed by atoms with Gasteiger partial charge in [-0.2, -0.15) is 0 Å². The number of unbranched alkanes of at least 4 members (excludes halogenated alkanes) is 45.